The zero-order chi connectivity index (χ0) is 20.0. The predicted molar refractivity (Wildman–Crippen MR) is 103 cm³/mol. The van der Waals surface area contributed by atoms with Crippen LogP contribution in [0.4, 0.5) is 5.69 Å². The fourth-order valence-corrected chi connectivity index (χ4v) is 4.09. The smallest absolute Gasteiger partial charge is 0.337 e. The first-order valence-corrected chi connectivity index (χ1v) is 10.4. The molecule has 2 aromatic rings. The van der Waals surface area contributed by atoms with Gasteiger partial charge in [-0.25, -0.2) is 13.2 Å². The second-order valence-corrected chi connectivity index (χ2v) is 8.05. The zero-order valence-electron chi connectivity index (χ0n) is 15.0. The molecule has 0 bridgehead atoms. The van der Waals surface area contributed by atoms with Crippen LogP contribution in [0.5, 0.6) is 0 Å². The Labute approximate surface area is 162 Å². The second kappa shape index (κ2) is 8.92. The molecule has 0 fully saturated rings. The van der Waals surface area contributed by atoms with Crippen molar-refractivity contribution in [2.45, 2.75) is 9.79 Å². The first-order chi connectivity index (χ1) is 12.8. The number of thioether (sulfide) groups is 1. The summed E-state index contributed by atoms with van der Waals surface area (Å²) in [5.41, 5.74) is 0.315. The molecule has 0 aliphatic rings. The van der Waals surface area contributed by atoms with Crippen LogP contribution < -0.4 is 4.31 Å². The van der Waals surface area contributed by atoms with Crippen molar-refractivity contribution < 1.29 is 27.5 Å². The summed E-state index contributed by atoms with van der Waals surface area (Å²) in [5, 5.41) is 0. The van der Waals surface area contributed by atoms with Crippen molar-refractivity contribution in [1.29, 1.82) is 0 Å². The minimum absolute atomic E-state index is 0.0210. The van der Waals surface area contributed by atoms with Crippen molar-refractivity contribution >= 4 is 39.4 Å². The number of carbonyl (C=O) groups is 2. The molecule has 2 aromatic carbocycles. The van der Waals surface area contributed by atoms with E-state index in [9.17, 15) is 18.0 Å². The fraction of sp³-hybridized carbons (Fsp3) is 0.222. The van der Waals surface area contributed by atoms with Gasteiger partial charge in [0.15, 0.2) is 0 Å². The van der Waals surface area contributed by atoms with E-state index in [1.54, 1.807) is 12.1 Å². The minimum atomic E-state index is -4.06. The van der Waals surface area contributed by atoms with Crippen LogP contribution in [0.1, 0.15) is 10.4 Å². The first-order valence-electron chi connectivity index (χ1n) is 7.75. The van der Waals surface area contributed by atoms with Crippen LogP contribution >= 0.6 is 11.8 Å². The van der Waals surface area contributed by atoms with Gasteiger partial charge in [-0.05, 0) is 48.7 Å². The number of methoxy groups -OCH3 is 2. The molecular weight excluding hydrogens is 390 g/mol. The molecule has 144 valence electrons. The van der Waals surface area contributed by atoms with Crippen LogP contribution in [0.15, 0.2) is 58.3 Å². The highest BCUT2D eigenvalue weighted by Crippen LogP contribution is 2.26. The standard InChI is InChI=1S/C18H19NO6S2/c1-24-17(20)12-19(14-6-4-5-13(11-14)18(21)25-2)27(22,23)16-9-7-15(26-3)8-10-16/h4-11H,12H2,1-3H3. The fourth-order valence-electron chi connectivity index (χ4n) is 2.28. The van der Waals surface area contributed by atoms with E-state index in [0.29, 0.717) is 0 Å². The summed E-state index contributed by atoms with van der Waals surface area (Å²) in [5.74, 6) is -1.35. The number of anilines is 1. The molecule has 2 rings (SSSR count). The minimum Gasteiger partial charge on any atom is -0.468 e. The Bertz CT molecular complexity index is 925. The Morgan fingerprint density at radius 2 is 1.70 bits per heavy atom. The van der Waals surface area contributed by atoms with Crippen LogP contribution in [-0.2, 0) is 24.3 Å². The number of carbonyl (C=O) groups excluding carboxylic acids is 2. The van der Waals surface area contributed by atoms with Gasteiger partial charge in [0.1, 0.15) is 6.54 Å². The topological polar surface area (TPSA) is 90.0 Å². The van der Waals surface area contributed by atoms with E-state index in [4.69, 9.17) is 0 Å². The van der Waals surface area contributed by atoms with Crippen molar-refractivity contribution in [3.63, 3.8) is 0 Å². The number of hydrogen-bond acceptors (Lipinski definition) is 7. The summed E-state index contributed by atoms with van der Waals surface area (Å²) in [7, 11) is -1.66. The number of ether oxygens (including phenoxy) is 2. The molecule has 0 unspecified atom stereocenters. The van der Waals surface area contributed by atoms with E-state index in [0.717, 1.165) is 9.20 Å². The third kappa shape index (κ3) is 4.81. The first kappa shape index (κ1) is 20.8. The SMILES string of the molecule is COC(=O)CN(c1cccc(C(=O)OC)c1)S(=O)(=O)c1ccc(SC)cc1. The van der Waals surface area contributed by atoms with Gasteiger partial charge in [-0.3, -0.25) is 9.10 Å². The van der Waals surface area contributed by atoms with E-state index in [-0.39, 0.29) is 16.1 Å². The normalized spacial score (nSPS) is 10.9. The molecule has 27 heavy (non-hydrogen) atoms. The summed E-state index contributed by atoms with van der Waals surface area (Å²) in [6.45, 7) is -0.534. The number of rotatable bonds is 7. The number of nitrogens with zero attached hydrogens (tertiary/aromatic N) is 1. The van der Waals surface area contributed by atoms with E-state index >= 15 is 0 Å². The average Bonchev–Trinajstić information content (AvgIpc) is 2.71. The largest absolute Gasteiger partial charge is 0.468 e. The molecule has 7 nitrogen and oxygen atoms in total. The maximum absolute atomic E-state index is 13.1. The summed E-state index contributed by atoms with van der Waals surface area (Å²) in [4.78, 5) is 24.5. The molecular formula is C18H19NO6S2. The van der Waals surface area contributed by atoms with Gasteiger partial charge < -0.3 is 9.47 Å². The Hall–Kier alpha value is -2.52. The highest BCUT2D eigenvalue weighted by molar-refractivity contribution is 7.98. The van der Waals surface area contributed by atoms with Crippen LogP contribution in [-0.4, -0.2) is 47.4 Å². The third-order valence-corrected chi connectivity index (χ3v) is 6.23. The predicted octanol–water partition coefficient (Wildman–Crippen LogP) is 2.56. The molecule has 0 saturated heterocycles. The van der Waals surface area contributed by atoms with Crippen LogP contribution in [0.2, 0.25) is 0 Å². The Kier molecular flexibility index (Phi) is 6.86. The van der Waals surface area contributed by atoms with Crippen molar-refractivity contribution in [2.24, 2.45) is 0 Å². The summed E-state index contributed by atoms with van der Waals surface area (Å²) in [6.07, 6.45) is 1.88. The number of benzene rings is 2. The second-order valence-electron chi connectivity index (χ2n) is 5.31. The van der Waals surface area contributed by atoms with Gasteiger partial charge in [0.05, 0.1) is 30.4 Å². The van der Waals surface area contributed by atoms with Gasteiger partial charge >= 0.3 is 11.9 Å². The molecule has 0 radical (unpaired) electrons. The molecule has 9 heteroatoms. The number of sulfonamides is 1. The van der Waals surface area contributed by atoms with Gasteiger partial charge in [0.2, 0.25) is 0 Å². The van der Waals surface area contributed by atoms with Crippen LogP contribution in [0, 0.1) is 0 Å². The van der Waals surface area contributed by atoms with E-state index in [1.807, 2.05) is 6.26 Å². The summed E-state index contributed by atoms with van der Waals surface area (Å²) in [6, 6.07) is 12.1. The Morgan fingerprint density at radius 1 is 1.04 bits per heavy atom. The lowest BCUT2D eigenvalue weighted by Gasteiger charge is -2.23. The molecule has 0 spiro atoms. The van der Waals surface area contributed by atoms with Crippen LogP contribution in [0.3, 0.4) is 0 Å². The van der Waals surface area contributed by atoms with Gasteiger partial charge in [0.25, 0.3) is 10.0 Å². The molecule has 0 aliphatic carbocycles. The maximum Gasteiger partial charge on any atom is 0.337 e. The molecule has 0 atom stereocenters. The summed E-state index contributed by atoms with van der Waals surface area (Å²) >= 11 is 1.48. The van der Waals surface area contributed by atoms with Crippen molar-refractivity contribution in [3.8, 4) is 0 Å². The van der Waals surface area contributed by atoms with Crippen LogP contribution in [0.25, 0.3) is 0 Å². The Balaban J connectivity index is 2.53. The average molecular weight is 409 g/mol. The maximum atomic E-state index is 13.1. The zero-order valence-corrected chi connectivity index (χ0v) is 16.7. The van der Waals surface area contributed by atoms with Crippen molar-refractivity contribution in [2.75, 3.05) is 31.3 Å². The van der Waals surface area contributed by atoms with Gasteiger partial charge in [-0.1, -0.05) is 6.07 Å². The van der Waals surface area contributed by atoms with Gasteiger partial charge in [0, 0.05) is 4.90 Å². The van der Waals surface area contributed by atoms with E-state index < -0.39 is 28.5 Å². The molecule has 0 N–H and O–H groups in total. The van der Waals surface area contributed by atoms with Crippen molar-refractivity contribution in [1.82, 2.24) is 0 Å². The quantitative estimate of drug-likeness (QED) is 0.513. The third-order valence-electron chi connectivity index (χ3n) is 3.70. The monoisotopic (exact) mass is 409 g/mol. The molecule has 0 saturated carbocycles. The highest BCUT2D eigenvalue weighted by Gasteiger charge is 2.28. The van der Waals surface area contributed by atoms with Gasteiger partial charge in [-0.2, -0.15) is 0 Å². The molecule has 0 aromatic heterocycles. The molecule has 0 amide bonds. The lowest BCUT2D eigenvalue weighted by atomic mass is 10.2. The molecule has 0 heterocycles. The number of esters is 2. The lowest BCUT2D eigenvalue weighted by molar-refractivity contribution is -0.138. The van der Waals surface area contributed by atoms with Crippen molar-refractivity contribution in [3.05, 3.63) is 54.1 Å². The Morgan fingerprint density at radius 3 is 2.26 bits per heavy atom. The highest BCUT2D eigenvalue weighted by atomic mass is 32.2. The van der Waals surface area contributed by atoms with E-state index in [2.05, 4.69) is 9.47 Å². The molecule has 0 aliphatic heterocycles. The summed E-state index contributed by atoms with van der Waals surface area (Å²) < 4.78 is 36.5. The van der Waals surface area contributed by atoms with Gasteiger partial charge in [-0.15, -0.1) is 11.8 Å². The lowest BCUT2D eigenvalue weighted by Crippen LogP contribution is -2.36. The number of hydrogen-bond donors (Lipinski definition) is 0. The van der Waals surface area contributed by atoms with E-state index in [1.165, 1.54) is 62.4 Å².